The normalized spacial score (nSPS) is 12.5. The molecule has 6 heteroatoms. The van der Waals surface area contributed by atoms with Crippen LogP contribution in [0, 0.1) is 0 Å². The van der Waals surface area contributed by atoms with Crippen molar-refractivity contribution in [1.29, 1.82) is 0 Å². The van der Waals surface area contributed by atoms with Crippen molar-refractivity contribution in [3.8, 4) is 0 Å². The summed E-state index contributed by atoms with van der Waals surface area (Å²) >= 11 is 0. The van der Waals surface area contributed by atoms with Gasteiger partial charge in [0.1, 0.15) is 5.76 Å². The first kappa shape index (κ1) is 16.6. The van der Waals surface area contributed by atoms with Crippen LogP contribution >= 0.6 is 0 Å². The van der Waals surface area contributed by atoms with E-state index in [1.165, 1.54) is 0 Å². The molecule has 0 aliphatic heterocycles. The van der Waals surface area contributed by atoms with Crippen molar-refractivity contribution in [2.45, 2.75) is 19.5 Å². The van der Waals surface area contributed by atoms with E-state index < -0.39 is 0 Å². The van der Waals surface area contributed by atoms with Crippen LogP contribution in [0.15, 0.2) is 58.1 Å². The Hall–Kier alpha value is -2.76. The van der Waals surface area contributed by atoms with E-state index in [9.17, 15) is 4.79 Å². The van der Waals surface area contributed by atoms with Crippen molar-refractivity contribution in [3.05, 3.63) is 60.1 Å². The van der Waals surface area contributed by atoms with Crippen molar-refractivity contribution < 1.29 is 9.21 Å². The molecule has 0 aliphatic carbocycles. The van der Waals surface area contributed by atoms with Crippen molar-refractivity contribution in [2.75, 3.05) is 13.6 Å². The van der Waals surface area contributed by atoms with Crippen molar-refractivity contribution in [1.82, 2.24) is 16.0 Å². The lowest BCUT2D eigenvalue weighted by Crippen LogP contribution is -2.43. The van der Waals surface area contributed by atoms with Gasteiger partial charge in [0, 0.05) is 7.05 Å². The van der Waals surface area contributed by atoms with Crippen LogP contribution in [0.3, 0.4) is 0 Å². The largest absolute Gasteiger partial charge is 0.467 e. The summed E-state index contributed by atoms with van der Waals surface area (Å²) in [7, 11) is 1.67. The molecule has 1 aromatic heterocycles. The Bertz CT molecular complexity index is 623. The number of carbonyl (C=O) groups is 1. The number of nitrogens with zero attached hydrogens (tertiary/aromatic N) is 1. The zero-order chi connectivity index (χ0) is 16.5. The van der Waals surface area contributed by atoms with Gasteiger partial charge in [-0.1, -0.05) is 30.3 Å². The van der Waals surface area contributed by atoms with Crippen molar-refractivity contribution in [2.24, 2.45) is 4.99 Å². The van der Waals surface area contributed by atoms with E-state index in [0.29, 0.717) is 12.5 Å². The minimum absolute atomic E-state index is 0.0913. The van der Waals surface area contributed by atoms with Gasteiger partial charge in [-0.15, -0.1) is 0 Å². The van der Waals surface area contributed by atoms with Crippen LogP contribution in [-0.4, -0.2) is 25.5 Å². The first-order valence-corrected chi connectivity index (χ1v) is 7.50. The van der Waals surface area contributed by atoms with Crippen LogP contribution in [-0.2, 0) is 11.3 Å². The monoisotopic (exact) mass is 314 g/mol. The molecule has 0 radical (unpaired) electrons. The molecule has 122 valence electrons. The first-order chi connectivity index (χ1) is 11.2. The summed E-state index contributed by atoms with van der Waals surface area (Å²) < 4.78 is 5.16. The Kier molecular flexibility index (Phi) is 6.23. The highest BCUT2D eigenvalue weighted by molar-refractivity contribution is 5.86. The van der Waals surface area contributed by atoms with Crippen LogP contribution in [0.25, 0.3) is 0 Å². The molecule has 1 amide bonds. The maximum atomic E-state index is 11.8. The fourth-order valence-corrected chi connectivity index (χ4v) is 2.05. The number of hydrogen-bond donors (Lipinski definition) is 3. The fourth-order valence-electron chi connectivity index (χ4n) is 2.05. The predicted octanol–water partition coefficient (Wildman–Crippen LogP) is 1.82. The molecule has 0 fully saturated rings. The molecule has 2 rings (SSSR count). The summed E-state index contributed by atoms with van der Waals surface area (Å²) in [6.45, 7) is 2.56. The summed E-state index contributed by atoms with van der Waals surface area (Å²) in [5.41, 5.74) is 1.15. The Balaban J connectivity index is 1.75. The smallest absolute Gasteiger partial charge is 0.239 e. The number of amides is 1. The van der Waals surface area contributed by atoms with E-state index in [0.717, 1.165) is 11.3 Å². The van der Waals surface area contributed by atoms with E-state index in [2.05, 4.69) is 20.9 Å². The lowest BCUT2D eigenvalue weighted by Gasteiger charge is -2.18. The Morgan fingerprint density at radius 2 is 1.96 bits per heavy atom. The van der Waals surface area contributed by atoms with Gasteiger partial charge in [-0.2, -0.15) is 0 Å². The summed E-state index contributed by atoms with van der Waals surface area (Å²) in [5, 5.41) is 9.02. The molecule has 1 aromatic carbocycles. The van der Waals surface area contributed by atoms with Crippen LogP contribution in [0.4, 0.5) is 0 Å². The highest BCUT2D eigenvalue weighted by atomic mass is 16.3. The van der Waals surface area contributed by atoms with Gasteiger partial charge in [0.25, 0.3) is 0 Å². The number of benzene rings is 1. The zero-order valence-corrected chi connectivity index (χ0v) is 13.4. The van der Waals surface area contributed by atoms with Crippen LogP contribution in [0.5, 0.6) is 0 Å². The standard InChI is InChI=1S/C17H22N4O2/c1-13(14-7-4-3-5-8-14)21-17(18-2)20-12-16(22)19-11-15-9-6-10-23-15/h3-10,13H,11-12H2,1-2H3,(H,19,22)(H2,18,20,21). The third-order valence-electron chi connectivity index (χ3n) is 3.33. The molecule has 1 unspecified atom stereocenters. The SMILES string of the molecule is CN=C(NCC(=O)NCc1ccco1)NC(C)c1ccccc1. The number of carbonyl (C=O) groups excluding carboxylic acids is 1. The van der Waals surface area contributed by atoms with Crippen LogP contribution in [0.1, 0.15) is 24.3 Å². The second-order valence-electron chi connectivity index (χ2n) is 5.06. The van der Waals surface area contributed by atoms with Crippen LogP contribution in [0.2, 0.25) is 0 Å². The molecule has 1 heterocycles. The predicted molar refractivity (Wildman–Crippen MR) is 89.9 cm³/mol. The Labute approximate surface area is 136 Å². The highest BCUT2D eigenvalue weighted by Gasteiger charge is 2.09. The molecular formula is C17H22N4O2. The summed E-state index contributed by atoms with van der Waals surface area (Å²) in [6, 6.07) is 13.7. The maximum Gasteiger partial charge on any atom is 0.239 e. The van der Waals surface area contributed by atoms with E-state index in [4.69, 9.17) is 4.42 Å². The number of nitrogens with one attached hydrogen (secondary N) is 3. The molecule has 23 heavy (non-hydrogen) atoms. The lowest BCUT2D eigenvalue weighted by molar-refractivity contribution is -0.120. The molecule has 0 aliphatic rings. The van der Waals surface area contributed by atoms with Crippen LogP contribution < -0.4 is 16.0 Å². The minimum atomic E-state index is -0.128. The third kappa shape index (κ3) is 5.50. The van der Waals surface area contributed by atoms with Gasteiger partial charge >= 0.3 is 0 Å². The molecule has 1 atom stereocenters. The summed E-state index contributed by atoms with van der Waals surface area (Å²) in [6.07, 6.45) is 1.58. The minimum Gasteiger partial charge on any atom is -0.467 e. The molecule has 3 N–H and O–H groups in total. The maximum absolute atomic E-state index is 11.8. The van der Waals surface area contributed by atoms with Gasteiger partial charge in [-0.05, 0) is 24.6 Å². The van der Waals surface area contributed by atoms with E-state index >= 15 is 0 Å². The number of rotatable bonds is 6. The Morgan fingerprint density at radius 3 is 2.61 bits per heavy atom. The van der Waals surface area contributed by atoms with Gasteiger partial charge < -0.3 is 20.4 Å². The quantitative estimate of drug-likeness (QED) is 0.561. The molecular weight excluding hydrogens is 292 g/mol. The molecule has 0 saturated heterocycles. The number of aliphatic imine (C=N–C) groups is 1. The van der Waals surface area contributed by atoms with Gasteiger partial charge in [-0.3, -0.25) is 9.79 Å². The van der Waals surface area contributed by atoms with E-state index in [1.54, 1.807) is 19.4 Å². The topological polar surface area (TPSA) is 78.7 Å². The second kappa shape index (κ2) is 8.63. The van der Waals surface area contributed by atoms with E-state index in [-0.39, 0.29) is 18.5 Å². The summed E-state index contributed by atoms with van der Waals surface area (Å²) in [5.74, 6) is 1.17. The van der Waals surface area contributed by atoms with Crippen molar-refractivity contribution >= 4 is 11.9 Å². The Morgan fingerprint density at radius 1 is 1.17 bits per heavy atom. The zero-order valence-electron chi connectivity index (χ0n) is 13.4. The number of guanidine groups is 1. The highest BCUT2D eigenvalue weighted by Crippen LogP contribution is 2.10. The molecule has 0 bridgehead atoms. The first-order valence-electron chi connectivity index (χ1n) is 7.50. The fraction of sp³-hybridized carbons (Fsp3) is 0.294. The van der Waals surface area contributed by atoms with Gasteiger partial charge in [0.05, 0.1) is 25.4 Å². The molecule has 2 aromatic rings. The third-order valence-corrected chi connectivity index (χ3v) is 3.33. The van der Waals surface area contributed by atoms with E-state index in [1.807, 2.05) is 43.3 Å². The van der Waals surface area contributed by atoms with Crippen molar-refractivity contribution in [3.63, 3.8) is 0 Å². The van der Waals surface area contributed by atoms with Gasteiger partial charge in [0.2, 0.25) is 5.91 Å². The molecule has 0 saturated carbocycles. The van der Waals surface area contributed by atoms with Gasteiger partial charge in [0.15, 0.2) is 5.96 Å². The second-order valence-corrected chi connectivity index (χ2v) is 5.06. The average Bonchev–Trinajstić information content (AvgIpc) is 3.10. The van der Waals surface area contributed by atoms with Gasteiger partial charge in [-0.25, -0.2) is 0 Å². The molecule has 6 nitrogen and oxygen atoms in total. The number of hydrogen-bond acceptors (Lipinski definition) is 3. The lowest BCUT2D eigenvalue weighted by atomic mass is 10.1. The summed E-state index contributed by atoms with van der Waals surface area (Å²) in [4.78, 5) is 15.9. The molecule has 0 spiro atoms. The number of furan rings is 1. The average molecular weight is 314 g/mol.